The van der Waals surface area contributed by atoms with Crippen molar-refractivity contribution >= 4 is 17.6 Å². The highest BCUT2D eigenvalue weighted by Gasteiger charge is 2.13. The van der Waals surface area contributed by atoms with Crippen LogP contribution in [0.25, 0.3) is 0 Å². The lowest BCUT2D eigenvalue weighted by Gasteiger charge is -2.06. The second kappa shape index (κ2) is 5.05. The quantitative estimate of drug-likeness (QED) is 0.850. The van der Waals surface area contributed by atoms with Crippen molar-refractivity contribution in [1.82, 2.24) is 10.2 Å². The molecule has 0 saturated carbocycles. The molecular formula is C12H9N3O3. The second-order valence-corrected chi connectivity index (χ2v) is 3.44. The van der Waals surface area contributed by atoms with Gasteiger partial charge in [-0.05, 0) is 12.1 Å². The van der Waals surface area contributed by atoms with Gasteiger partial charge in [-0.2, -0.15) is 10.2 Å². The third-order valence-electron chi connectivity index (χ3n) is 2.25. The predicted molar refractivity (Wildman–Crippen MR) is 63.4 cm³/mol. The molecule has 2 N–H and O–H groups in total. The average molecular weight is 243 g/mol. The number of anilines is 1. The van der Waals surface area contributed by atoms with Gasteiger partial charge < -0.3 is 10.4 Å². The van der Waals surface area contributed by atoms with E-state index in [1.54, 1.807) is 30.3 Å². The molecule has 0 aliphatic rings. The number of carbonyl (C=O) groups is 2. The molecule has 2 rings (SSSR count). The summed E-state index contributed by atoms with van der Waals surface area (Å²) in [6.45, 7) is 0. The lowest BCUT2D eigenvalue weighted by Crippen LogP contribution is -2.15. The highest BCUT2D eigenvalue weighted by molar-refractivity contribution is 6.07. The van der Waals surface area contributed by atoms with Gasteiger partial charge in [0.25, 0.3) is 5.91 Å². The van der Waals surface area contributed by atoms with Gasteiger partial charge in [-0.1, -0.05) is 18.2 Å². The zero-order valence-electron chi connectivity index (χ0n) is 9.20. The third-order valence-corrected chi connectivity index (χ3v) is 2.25. The van der Waals surface area contributed by atoms with Gasteiger partial charge in [-0.3, -0.25) is 4.79 Å². The second-order valence-electron chi connectivity index (χ2n) is 3.44. The molecule has 0 bridgehead atoms. The fourth-order valence-electron chi connectivity index (χ4n) is 1.38. The van der Waals surface area contributed by atoms with Crippen LogP contribution < -0.4 is 5.32 Å². The number of carboxylic acid groups (broad SMARTS) is 1. The Balaban J connectivity index is 2.25. The number of rotatable bonds is 3. The van der Waals surface area contributed by atoms with E-state index in [0.29, 0.717) is 5.56 Å². The van der Waals surface area contributed by atoms with Crippen molar-refractivity contribution in [3.63, 3.8) is 0 Å². The number of hydrogen-bond donors (Lipinski definition) is 2. The first-order valence-electron chi connectivity index (χ1n) is 5.09. The maximum Gasteiger partial charge on any atom is 0.339 e. The maximum atomic E-state index is 11.8. The van der Waals surface area contributed by atoms with Crippen LogP contribution >= 0.6 is 0 Å². The number of amides is 1. The van der Waals surface area contributed by atoms with Crippen LogP contribution in [0.5, 0.6) is 0 Å². The van der Waals surface area contributed by atoms with Gasteiger partial charge in [-0.25, -0.2) is 4.79 Å². The van der Waals surface area contributed by atoms with E-state index in [-0.39, 0.29) is 11.3 Å². The van der Waals surface area contributed by atoms with Crippen molar-refractivity contribution in [2.75, 3.05) is 5.32 Å². The highest BCUT2D eigenvalue weighted by atomic mass is 16.4. The standard InChI is InChI=1S/C12H9N3O3/c16-11(8-4-2-1-3-5-8)15-10-7-14-13-6-9(10)12(17)18/h1-7H,(H,17,18)(H,13,15,16). The molecule has 6 nitrogen and oxygen atoms in total. The SMILES string of the molecule is O=C(Nc1cnncc1C(=O)O)c1ccccc1. The van der Waals surface area contributed by atoms with Crippen LogP contribution in [-0.2, 0) is 0 Å². The minimum atomic E-state index is -1.17. The molecule has 0 radical (unpaired) electrons. The number of aromatic nitrogens is 2. The summed E-state index contributed by atoms with van der Waals surface area (Å²) in [5.74, 6) is -1.57. The molecule has 18 heavy (non-hydrogen) atoms. The first-order chi connectivity index (χ1) is 8.68. The van der Waals surface area contributed by atoms with Crippen molar-refractivity contribution in [2.24, 2.45) is 0 Å². The molecule has 0 aliphatic heterocycles. The molecule has 0 fully saturated rings. The molecule has 0 unspecified atom stereocenters. The van der Waals surface area contributed by atoms with Gasteiger partial charge >= 0.3 is 5.97 Å². The summed E-state index contributed by atoms with van der Waals surface area (Å²) in [5.41, 5.74) is 0.450. The largest absolute Gasteiger partial charge is 0.478 e. The van der Waals surface area contributed by atoms with Crippen molar-refractivity contribution < 1.29 is 14.7 Å². The van der Waals surface area contributed by atoms with E-state index < -0.39 is 11.9 Å². The van der Waals surface area contributed by atoms with Crippen LogP contribution in [0.3, 0.4) is 0 Å². The monoisotopic (exact) mass is 243 g/mol. The van der Waals surface area contributed by atoms with E-state index in [1.807, 2.05) is 0 Å². The van der Waals surface area contributed by atoms with Crippen molar-refractivity contribution in [3.8, 4) is 0 Å². The average Bonchev–Trinajstić information content (AvgIpc) is 2.40. The van der Waals surface area contributed by atoms with E-state index in [4.69, 9.17) is 5.11 Å². The number of hydrogen-bond acceptors (Lipinski definition) is 4. The molecule has 0 aliphatic carbocycles. The third kappa shape index (κ3) is 2.49. The summed E-state index contributed by atoms with van der Waals surface area (Å²) < 4.78 is 0. The molecule has 0 atom stereocenters. The Morgan fingerprint density at radius 3 is 2.39 bits per heavy atom. The van der Waals surface area contributed by atoms with Gasteiger partial charge in [0, 0.05) is 5.56 Å². The van der Waals surface area contributed by atoms with Crippen LogP contribution in [0.4, 0.5) is 5.69 Å². The zero-order chi connectivity index (χ0) is 13.0. The van der Waals surface area contributed by atoms with Gasteiger partial charge in [0.05, 0.1) is 18.1 Å². The normalized spacial score (nSPS) is 9.78. The van der Waals surface area contributed by atoms with E-state index >= 15 is 0 Å². The van der Waals surface area contributed by atoms with Gasteiger partial charge in [0.15, 0.2) is 0 Å². The first kappa shape index (κ1) is 11.7. The lowest BCUT2D eigenvalue weighted by molar-refractivity contribution is 0.0697. The summed E-state index contributed by atoms with van der Waals surface area (Å²) in [6.07, 6.45) is 2.28. The molecule has 1 amide bonds. The van der Waals surface area contributed by atoms with Gasteiger partial charge in [0.1, 0.15) is 5.56 Å². The molecule has 1 aromatic heterocycles. The molecule has 0 saturated heterocycles. The summed E-state index contributed by atoms with van der Waals surface area (Å²) in [5, 5.41) is 18.4. The lowest BCUT2D eigenvalue weighted by atomic mass is 10.2. The van der Waals surface area contributed by atoms with Crippen molar-refractivity contribution in [3.05, 3.63) is 53.9 Å². The molecule has 1 aromatic carbocycles. The van der Waals surface area contributed by atoms with Crippen LogP contribution in [0.2, 0.25) is 0 Å². The molecule has 2 aromatic rings. The Morgan fingerprint density at radius 2 is 1.72 bits per heavy atom. The van der Waals surface area contributed by atoms with E-state index in [2.05, 4.69) is 15.5 Å². The number of nitrogens with one attached hydrogen (secondary N) is 1. The molecule has 6 heteroatoms. The van der Waals surface area contributed by atoms with E-state index in [1.165, 1.54) is 6.20 Å². The molecule has 90 valence electrons. The van der Waals surface area contributed by atoms with Crippen molar-refractivity contribution in [1.29, 1.82) is 0 Å². The van der Waals surface area contributed by atoms with Gasteiger partial charge in [-0.15, -0.1) is 0 Å². The summed E-state index contributed by atoms with van der Waals surface area (Å²) >= 11 is 0. The summed E-state index contributed by atoms with van der Waals surface area (Å²) in [4.78, 5) is 22.8. The van der Waals surface area contributed by atoms with Crippen molar-refractivity contribution in [2.45, 2.75) is 0 Å². The summed E-state index contributed by atoms with van der Waals surface area (Å²) in [7, 11) is 0. The fraction of sp³-hybridized carbons (Fsp3) is 0. The number of benzene rings is 1. The van der Waals surface area contributed by atoms with E-state index in [9.17, 15) is 9.59 Å². The Labute approximate surface area is 102 Å². The minimum absolute atomic E-state index is 0.103. The smallest absolute Gasteiger partial charge is 0.339 e. The number of carbonyl (C=O) groups excluding carboxylic acids is 1. The minimum Gasteiger partial charge on any atom is -0.478 e. The van der Waals surface area contributed by atoms with E-state index in [0.717, 1.165) is 6.20 Å². The van der Waals surface area contributed by atoms with Gasteiger partial charge in [0.2, 0.25) is 0 Å². The van der Waals surface area contributed by atoms with Crippen LogP contribution in [0.15, 0.2) is 42.7 Å². The number of carboxylic acids is 1. The van der Waals surface area contributed by atoms with Crippen LogP contribution in [0, 0.1) is 0 Å². The highest BCUT2D eigenvalue weighted by Crippen LogP contribution is 2.13. The zero-order valence-corrected chi connectivity index (χ0v) is 9.20. The number of aromatic carboxylic acids is 1. The Hall–Kier alpha value is -2.76. The molecule has 0 spiro atoms. The topological polar surface area (TPSA) is 92.2 Å². The Morgan fingerprint density at radius 1 is 1.06 bits per heavy atom. The van der Waals surface area contributed by atoms with Crippen LogP contribution in [-0.4, -0.2) is 27.2 Å². The Bertz CT molecular complexity index is 584. The first-order valence-corrected chi connectivity index (χ1v) is 5.09. The maximum absolute atomic E-state index is 11.8. The fourth-order valence-corrected chi connectivity index (χ4v) is 1.38. The number of nitrogens with zero attached hydrogens (tertiary/aromatic N) is 2. The van der Waals surface area contributed by atoms with Crippen LogP contribution in [0.1, 0.15) is 20.7 Å². The Kier molecular flexibility index (Phi) is 3.29. The molecule has 1 heterocycles. The predicted octanol–water partition coefficient (Wildman–Crippen LogP) is 1.43. The molecular weight excluding hydrogens is 234 g/mol. The summed E-state index contributed by atoms with van der Waals surface area (Å²) in [6, 6.07) is 8.48.